The number of unbranched alkanes of at least 4 members (excludes halogenated alkanes) is 2. The van der Waals surface area contributed by atoms with Crippen LogP contribution in [0.1, 0.15) is 39.5 Å². The Morgan fingerprint density at radius 3 is 2.34 bits per heavy atom. The Morgan fingerprint density at radius 2 is 1.69 bits per heavy atom. The first-order valence-electron chi connectivity index (χ1n) is 10.6. The molecule has 0 aromatic carbocycles. The molecule has 0 bridgehead atoms. The molecule has 1 heterocycles. The van der Waals surface area contributed by atoms with Crippen LogP contribution in [0.3, 0.4) is 0 Å². The number of carbonyl (C=O) groups is 1. The van der Waals surface area contributed by atoms with Gasteiger partial charge in [-0.15, -0.1) is 0 Å². The van der Waals surface area contributed by atoms with Crippen LogP contribution < -0.4 is 5.32 Å². The summed E-state index contributed by atoms with van der Waals surface area (Å²) in [4.78, 5) is 11.8. The third-order valence-corrected chi connectivity index (χ3v) is 4.86. The maximum atomic E-state index is 11.8. The van der Waals surface area contributed by atoms with Crippen molar-refractivity contribution in [3.63, 3.8) is 0 Å². The minimum atomic E-state index is -1.11. The minimum absolute atomic E-state index is 0.102. The monoisotopic (exact) mass is 421 g/mol. The summed E-state index contributed by atoms with van der Waals surface area (Å²) in [7, 11) is 1.40. The lowest BCUT2D eigenvalue weighted by Gasteiger charge is -2.40. The maximum absolute atomic E-state index is 11.8. The number of aliphatic hydroxyl groups is 2. The van der Waals surface area contributed by atoms with Crippen LogP contribution in [0.4, 0.5) is 0 Å². The Bertz CT molecular complexity index is 423. The van der Waals surface area contributed by atoms with Crippen molar-refractivity contribution in [2.75, 3.05) is 53.3 Å². The lowest BCUT2D eigenvalue weighted by atomic mass is 9.91. The van der Waals surface area contributed by atoms with Crippen LogP contribution in [-0.4, -0.2) is 94.0 Å². The van der Waals surface area contributed by atoms with E-state index in [2.05, 4.69) is 12.2 Å². The third kappa shape index (κ3) is 10.7. The molecular weight excluding hydrogens is 382 g/mol. The summed E-state index contributed by atoms with van der Waals surface area (Å²) in [5.41, 5.74) is 0. The van der Waals surface area contributed by atoms with E-state index in [1.807, 2.05) is 0 Å². The molecule has 1 aliphatic rings. The Kier molecular flexibility index (Phi) is 14.4. The van der Waals surface area contributed by atoms with Gasteiger partial charge in [0.05, 0.1) is 32.0 Å². The van der Waals surface area contributed by atoms with Gasteiger partial charge in [0, 0.05) is 32.8 Å². The van der Waals surface area contributed by atoms with Crippen molar-refractivity contribution < 1.29 is 38.7 Å². The fourth-order valence-electron chi connectivity index (χ4n) is 2.95. The fraction of sp³-hybridized carbons (Fsp3) is 0.950. The van der Waals surface area contributed by atoms with Crippen molar-refractivity contribution >= 4 is 5.91 Å². The third-order valence-electron chi connectivity index (χ3n) is 4.86. The highest BCUT2D eigenvalue weighted by Gasteiger charge is 2.42. The number of rotatable bonds is 16. The number of carbonyl (C=O) groups excluding carboxylic acids is 1. The van der Waals surface area contributed by atoms with E-state index in [4.69, 9.17) is 23.7 Å². The summed E-state index contributed by atoms with van der Waals surface area (Å²) in [6, 6.07) is 0. The molecule has 9 nitrogen and oxygen atoms in total. The van der Waals surface area contributed by atoms with Crippen molar-refractivity contribution in [1.82, 2.24) is 5.32 Å². The number of ether oxygens (including phenoxy) is 5. The zero-order chi connectivity index (χ0) is 21.5. The molecule has 0 aliphatic carbocycles. The van der Waals surface area contributed by atoms with Gasteiger partial charge >= 0.3 is 0 Å². The zero-order valence-electron chi connectivity index (χ0n) is 18.0. The predicted molar refractivity (Wildman–Crippen MR) is 106 cm³/mol. The van der Waals surface area contributed by atoms with E-state index in [-0.39, 0.29) is 25.0 Å². The average molecular weight is 422 g/mol. The second-order valence-corrected chi connectivity index (χ2v) is 7.27. The number of hydrogen-bond donors (Lipinski definition) is 3. The Balaban J connectivity index is 2.00. The van der Waals surface area contributed by atoms with Crippen LogP contribution in [0.15, 0.2) is 0 Å². The normalized spacial score (nSPS) is 27.1. The van der Waals surface area contributed by atoms with E-state index < -0.39 is 24.6 Å². The van der Waals surface area contributed by atoms with Crippen molar-refractivity contribution in [3.8, 4) is 0 Å². The minimum Gasteiger partial charge on any atom is -0.390 e. The van der Waals surface area contributed by atoms with E-state index in [0.29, 0.717) is 32.8 Å². The van der Waals surface area contributed by atoms with Gasteiger partial charge in [-0.1, -0.05) is 26.7 Å². The molecule has 0 saturated carbocycles. The topological polar surface area (TPSA) is 116 Å². The molecule has 0 aromatic heterocycles. The average Bonchev–Trinajstić information content (AvgIpc) is 2.72. The molecule has 0 spiro atoms. The van der Waals surface area contributed by atoms with Crippen molar-refractivity contribution in [2.24, 2.45) is 5.92 Å². The van der Waals surface area contributed by atoms with Gasteiger partial charge in [-0.2, -0.15) is 0 Å². The van der Waals surface area contributed by atoms with Gasteiger partial charge in [-0.05, 0) is 12.8 Å². The lowest BCUT2D eigenvalue weighted by molar-refractivity contribution is -0.282. The number of methoxy groups -OCH3 is 1. The van der Waals surface area contributed by atoms with Gasteiger partial charge in [0.1, 0.15) is 12.7 Å². The number of aliphatic hydroxyl groups excluding tert-OH is 2. The van der Waals surface area contributed by atoms with Gasteiger partial charge < -0.3 is 39.2 Å². The summed E-state index contributed by atoms with van der Waals surface area (Å²) >= 11 is 0. The molecule has 1 fully saturated rings. The van der Waals surface area contributed by atoms with Crippen LogP contribution in [-0.2, 0) is 28.5 Å². The number of hydrogen-bond acceptors (Lipinski definition) is 8. The van der Waals surface area contributed by atoms with E-state index in [1.54, 1.807) is 6.92 Å². The van der Waals surface area contributed by atoms with E-state index in [9.17, 15) is 15.0 Å². The number of nitrogens with one attached hydrogen (secondary N) is 1. The molecular formula is C20H39NO8. The van der Waals surface area contributed by atoms with Crippen molar-refractivity contribution in [3.05, 3.63) is 0 Å². The van der Waals surface area contributed by atoms with Crippen molar-refractivity contribution in [2.45, 2.75) is 64.1 Å². The maximum Gasteiger partial charge on any atom is 0.246 e. The van der Waals surface area contributed by atoms with E-state index in [1.165, 1.54) is 20.0 Å². The van der Waals surface area contributed by atoms with Gasteiger partial charge in [0.15, 0.2) is 6.29 Å². The molecule has 3 N–H and O–H groups in total. The molecule has 0 aromatic rings. The summed E-state index contributed by atoms with van der Waals surface area (Å²) in [6.45, 7) is 6.95. The second-order valence-electron chi connectivity index (χ2n) is 7.27. The number of amides is 1. The fourth-order valence-corrected chi connectivity index (χ4v) is 2.95. The van der Waals surface area contributed by atoms with Crippen LogP contribution >= 0.6 is 0 Å². The second kappa shape index (κ2) is 16.0. The first-order valence-corrected chi connectivity index (χ1v) is 10.6. The molecule has 172 valence electrons. The summed E-state index contributed by atoms with van der Waals surface area (Å²) in [5.74, 6) is -0.566. The lowest BCUT2D eigenvalue weighted by Crippen LogP contribution is -2.55. The summed E-state index contributed by atoms with van der Waals surface area (Å²) in [5, 5.41) is 22.6. The molecule has 1 amide bonds. The molecule has 1 saturated heterocycles. The van der Waals surface area contributed by atoms with Crippen LogP contribution in [0.2, 0.25) is 0 Å². The zero-order valence-corrected chi connectivity index (χ0v) is 18.0. The SMILES string of the molecule is CCCCCOCCOCCCNC(=O)COCC1O[C@@H](OC)C(O)[C@@H](O)[C@@H]1C. The van der Waals surface area contributed by atoms with Gasteiger partial charge in [-0.25, -0.2) is 0 Å². The predicted octanol–water partition coefficient (Wildman–Crippen LogP) is 0.462. The Labute approximate surface area is 174 Å². The van der Waals surface area contributed by atoms with E-state index >= 15 is 0 Å². The quantitative estimate of drug-likeness (QED) is 0.308. The molecule has 1 rings (SSSR count). The van der Waals surface area contributed by atoms with Crippen molar-refractivity contribution in [1.29, 1.82) is 0 Å². The summed E-state index contributed by atoms with van der Waals surface area (Å²) in [6.07, 6.45) is 0.716. The van der Waals surface area contributed by atoms with Gasteiger partial charge in [-0.3, -0.25) is 4.79 Å². The molecule has 2 unspecified atom stereocenters. The largest absolute Gasteiger partial charge is 0.390 e. The standard InChI is InChI=1S/C20H39NO8/c1-4-5-6-9-26-11-12-27-10-7-8-21-17(22)14-28-13-16-15(2)18(23)19(24)20(25-3)29-16/h15-16,18-20,23-24H,4-14H2,1-3H3,(H,21,22)/t15-,16?,18+,19?,20-/m1/s1. The highest BCUT2D eigenvalue weighted by atomic mass is 16.7. The highest BCUT2D eigenvalue weighted by molar-refractivity contribution is 5.77. The molecule has 5 atom stereocenters. The first kappa shape index (κ1) is 26.2. The molecule has 0 radical (unpaired) electrons. The first-order chi connectivity index (χ1) is 14.0. The van der Waals surface area contributed by atoms with Crippen LogP contribution in [0.25, 0.3) is 0 Å². The van der Waals surface area contributed by atoms with Crippen LogP contribution in [0.5, 0.6) is 0 Å². The highest BCUT2D eigenvalue weighted by Crippen LogP contribution is 2.26. The molecule has 1 aliphatic heterocycles. The molecule has 9 heteroatoms. The van der Waals surface area contributed by atoms with E-state index in [0.717, 1.165) is 13.0 Å². The van der Waals surface area contributed by atoms with Gasteiger partial charge in [0.25, 0.3) is 0 Å². The Hall–Kier alpha value is -0.810. The van der Waals surface area contributed by atoms with Crippen LogP contribution in [0, 0.1) is 5.92 Å². The van der Waals surface area contributed by atoms with Gasteiger partial charge in [0.2, 0.25) is 5.91 Å². The Morgan fingerprint density at radius 1 is 1.00 bits per heavy atom. The summed E-state index contributed by atoms with van der Waals surface area (Å²) < 4.78 is 26.9. The molecule has 29 heavy (non-hydrogen) atoms. The smallest absolute Gasteiger partial charge is 0.246 e.